The molecule has 4 rings (SSSR count). The number of ether oxygens (including phenoxy) is 1. The van der Waals surface area contributed by atoms with E-state index < -0.39 is 0 Å². The van der Waals surface area contributed by atoms with Crippen LogP contribution in [-0.2, 0) is 0 Å². The maximum absolute atomic E-state index is 6.01. The van der Waals surface area contributed by atoms with Crippen molar-refractivity contribution >= 4 is 23.2 Å². The van der Waals surface area contributed by atoms with Crippen molar-refractivity contribution in [2.24, 2.45) is 0 Å². The molecule has 1 atom stereocenters. The molecule has 0 spiro atoms. The van der Waals surface area contributed by atoms with Crippen molar-refractivity contribution in [3.63, 3.8) is 0 Å². The quantitative estimate of drug-likeness (QED) is 0.756. The molecule has 1 aliphatic heterocycles. The Balaban J connectivity index is 1.81. The summed E-state index contributed by atoms with van der Waals surface area (Å²) >= 11 is 6.01. The molecule has 5 nitrogen and oxygen atoms in total. The summed E-state index contributed by atoms with van der Waals surface area (Å²) in [6, 6.07) is 15.6. The van der Waals surface area contributed by atoms with Gasteiger partial charge in [-0.15, -0.1) is 0 Å². The summed E-state index contributed by atoms with van der Waals surface area (Å²) in [4.78, 5) is 4.33. The number of rotatable bonds is 4. The van der Waals surface area contributed by atoms with Gasteiger partial charge < -0.3 is 10.1 Å². The van der Waals surface area contributed by atoms with Crippen LogP contribution in [0.5, 0.6) is 5.75 Å². The number of fused-ring (bicyclic) bond motifs is 1. The van der Waals surface area contributed by atoms with Crippen LogP contribution in [0, 0.1) is 0 Å². The Labute approximate surface area is 150 Å². The first-order chi connectivity index (χ1) is 12.3. The van der Waals surface area contributed by atoms with Crippen LogP contribution in [0.3, 0.4) is 0 Å². The van der Waals surface area contributed by atoms with Gasteiger partial charge in [0, 0.05) is 16.3 Å². The summed E-state index contributed by atoms with van der Waals surface area (Å²) in [6.45, 7) is 2.59. The van der Waals surface area contributed by atoms with Gasteiger partial charge in [-0.1, -0.05) is 41.9 Å². The Bertz CT molecular complexity index is 917. The lowest BCUT2D eigenvalue weighted by atomic mass is 10.0. The summed E-state index contributed by atoms with van der Waals surface area (Å²) in [5, 5.41) is 8.42. The van der Waals surface area contributed by atoms with Crippen LogP contribution in [-0.4, -0.2) is 21.4 Å². The molecule has 1 aliphatic rings. The molecular formula is C19H17ClN4O. The van der Waals surface area contributed by atoms with Gasteiger partial charge >= 0.3 is 0 Å². The third-order valence-corrected chi connectivity index (χ3v) is 4.35. The normalized spacial score (nSPS) is 15.9. The van der Waals surface area contributed by atoms with E-state index in [0.717, 1.165) is 22.6 Å². The molecule has 6 heteroatoms. The predicted molar refractivity (Wildman–Crippen MR) is 98.8 cm³/mol. The fraction of sp³-hybridized carbons (Fsp3) is 0.158. The van der Waals surface area contributed by atoms with E-state index in [1.165, 1.54) is 0 Å². The molecule has 0 amide bonds. The van der Waals surface area contributed by atoms with Crippen molar-refractivity contribution in [2.75, 3.05) is 11.9 Å². The maximum Gasteiger partial charge on any atom is 0.226 e. The summed E-state index contributed by atoms with van der Waals surface area (Å²) in [5.41, 5.74) is 3.05. The number of benzene rings is 2. The number of aromatic nitrogens is 3. The second-order valence-corrected chi connectivity index (χ2v) is 6.09. The van der Waals surface area contributed by atoms with Crippen LogP contribution in [0.4, 0.5) is 5.95 Å². The first-order valence-corrected chi connectivity index (χ1v) is 8.50. The minimum absolute atomic E-state index is 0.104. The first kappa shape index (κ1) is 15.7. The molecule has 0 saturated carbocycles. The van der Waals surface area contributed by atoms with Gasteiger partial charge in [-0.25, -0.2) is 4.68 Å². The van der Waals surface area contributed by atoms with E-state index in [9.17, 15) is 0 Å². The second kappa shape index (κ2) is 6.61. The van der Waals surface area contributed by atoms with Gasteiger partial charge in [0.05, 0.1) is 6.61 Å². The standard InChI is InChI=1S/C19H17ClN4O/c1-2-25-18-6-4-3-5-15(18)17-11-16(13-7-9-14(20)10-8-13)23-19-21-12-22-24(17)19/h3-12,17H,2H2,1H3,(H,21,22,23). The van der Waals surface area contributed by atoms with E-state index in [4.69, 9.17) is 16.3 Å². The van der Waals surface area contributed by atoms with Crippen molar-refractivity contribution in [3.8, 4) is 5.75 Å². The van der Waals surface area contributed by atoms with E-state index in [0.29, 0.717) is 17.6 Å². The highest BCUT2D eigenvalue weighted by molar-refractivity contribution is 6.30. The van der Waals surface area contributed by atoms with Gasteiger partial charge in [0.15, 0.2) is 0 Å². The molecule has 1 N–H and O–H groups in total. The van der Waals surface area contributed by atoms with Crippen LogP contribution in [0.2, 0.25) is 5.02 Å². The Hall–Kier alpha value is -2.79. The van der Waals surface area contributed by atoms with Crippen molar-refractivity contribution < 1.29 is 4.74 Å². The second-order valence-electron chi connectivity index (χ2n) is 5.66. The highest BCUT2D eigenvalue weighted by Gasteiger charge is 2.25. The molecule has 0 radical (unpaired) electrons. The van der Waals surface area contributed by atoms with Crippen LogP contribution in [0.15, 0.2) is 60.9 Å². The van der Waals surface area contributed by atoms with Gasteiger partial charge in [-0.05, 0) is 36.8 Å². The van der Waals surface area contributed by atoms with E-state index in [2.05, 4.69) is 27.5 Å². The molecule has 0 bridgehead atoms. The average molecular weight is 353 g/mol. The topological polar surface area (TPSA) is 52.0 Å². The number of halogens is 1. The summed E-state index contributed by atoms with van der Waals surface area (Å²) in [7, 11) is 0. The monoisotopic (exact) mass is 352 g/mol. The van der Waals surface area contributed by atoms with Gasteiger partial charge in [-0.2, -0.15) is 10.1 Å². The molecule has 1 unspecified atom stereocenters. The van der Waals surface area contributed by atoms with Crippen LogP contribution < -0.4 is 10.1 Å². The fourth-order valence-electron chi connectivity index (χ4n) is 2.96. The highest BCUT2D eigenvalue weighted by atomic mass is 35.5. The number of nitrogens with one attached hydrogen (secondary N) is 1. The molecule has 2 heterocycles. The third-order valence-electron chi connectivity index (χ3n) is 4.10. The zero-order valence-corrected chi connectivity index (χ0v) is 14.4. The summed E-state index contributed by atoms with van der Waals surface area (Å²) in [6.07, 6.45) is 3.68. The van der Waals surface area contributed by atoms with Gasteiger partial charge in [-0.3, -0.25) is 0 Å². The Morgan fingerprint density at radius 1 is 1.16 bits per heavy atom. The molecular weight excluding hydrogens is 336 g/mol. The third kappa shape index (κ3) is 2.98. The van der Waals surface area contributed by atoms with Gasteiger partial charge in [0.2, 0.25) is 5.95 Å². The van der Waals surface area contributed by atoms with Crippen molar-refractivity contribution in [1.82, 2.24) is 14.8 Å². The lowest BCUT2D eigenvalue weighted by Crippen LogP contribution is -2.20. The van der Waals surface area contributed by atoms with Crippen LogP contribution in [0.1, 0.15) is 24.1 Å². The van der Waals surface area contributed by atoms with Crippen molar-refractivity contribution in [2.45, 2.75) is 13.0 Å². The lowest BCUT2D eigenvalue weighted by Gasteiger charge is -2.25. The van der Waals surface area contributed by atoms with Crippen molar-refractivity contribution in [1.29, 1.82) is 0 Å². The van der Waals surface area contributed by atoms with Gasteiger partial charge in [0.1, 0.15) is 18.1 Å². The smallest absolute Gasteiger partial charge is 0.226 e. The van der Waals surface area contributed by atoms with Crippen LogP contribution >= 0.6 is 11.6 Å². The molecule has 0 aliphatic carbocycles. The Morgan fingerprint density at radius 2 is 1.96 bits per heavy atom. The van der Waals surface area contributed by atoms with Gasteiger partial charge in [0.25, 0.3) is 0 Å². The number of hydrogen-bond donors (Lipinski definition) is 1. The van der Waals surface area contributed by atoms with Crippen LogP contribution in [0.25, 0.3) is 5.70 Å². The Kier molecular flexibility index (Phi) is 4.15. The SMILES string of the molecule is CCOc1ccccc1C1C=C(c2ccc(Cl)cc2)Nc2ncnn21. The molecule has 1 aromatic heterocycles. The first-order valence-electron chi connectivity index (χ1n) is 8.12. The minimum Gasteiger partial charge on any atom is -0.494 e. The number of nitrogens with zero attached hydrogens (tertiary/aromatic N) is 3. The summed E-state index contributed by atoms with van der Waals surface area (Å²) in [5.74, 6) is 1.55. The average Bonchev–Trinajstić information content (AvgIpc) is 3.11. The summed E-state index contributed by atoms with van der Waals surface area (Å²) < 4.78 is 7.67. The lowest BCUT2D eigenvalue weighted by molar-refractivity contribution is 0.333. The number of allylic oxidation sites excluding steroid dienone is 1. The van der Waals surface area contributed by atoms with E-state index in [1.54, 1.807) is 6.33 Å². The molecule has 0 saturated heterocycles. The fourth-order valence-corrected chi connectivity index (χ4v) is 3.09. The maximum atomic E-state index is 6.01. The number of para-hydroxylation sites is 1. The van der Waals surface area contributed by atoms with E-state index >= 15 is 0 Å². The minimum atomic E-state index is -0.104. The predicted octanol–water partition coefficient (Wildman–Crippen LogP) is 4.39. The Morgan fingerprint density at radius 3 is 2.76 bits per heavy atom. The van der Waals surface area contributed by atoms with E-state index in [-0.39, 0.29) is 6.04 Å². The zero-order chi connectivity index (χ0) is 17.2. The number of anilines is 1. The molecule has 126 valence electrons. The molecule has 3 aromatic rings. The van der Waals surface area contributed by atoms with Crippen molar-refractivity contribution in [3.05, 3.63) is 77.1 Å². The molecule has 25 heavy (non-hydrogen) atoms. The molecule has 2 aromatic carbocycles. The molecule has 0 fully saturated rings. The largest absolute Gasteiger partial charge is 0.494 e. The zero-order valence-electron chi connectivity index (χ0n) is 13.7. The highest BCUT2D eigenvalue weighted by Crippen LogP contribution is 2.36. The number of hydrogen-bond acceptors (Lipinski definition) is 4. The van der Waals surface area contributed by atoms with E-state index in [1.807, 2.05) is 54.1 Å².